The maximum Gasteiger partial charge on any atom is 0.121 e. The Balaban J connectivity index is 2.59. The summed E-state index contributed by atoms with van der Waals surface area (Å²) in [4.78, 5) is 4.76. The Kier molecular flexibility index (Phi) is 2.56. The largest absolute Gasteiger partial charge is 0.399 e. The number of nitrogens with zero attached hydrogens (tertiary/aromatic N) is 1. The molecule has 0 aromatic heterocycles. The molecule has 0 fully saturated rings. The average molecular weight is 203 g/mol. The van der Waals surface area contributed by atoms with E-state index in [9.17, 15) is 5.11 Å². The summed E-state index contributed by atoms with van der Waals surface area (Å²) in [7, 11) is 1.48. The molecule has 1 atom stereocenters. The van der Waals surface area contributed by atoms with Gasteiger partial charge in [-0.2, -0.15) is 0 Å². The van der Waals surface area contributed by atoms with Crippen molar-refractivity contribution in [3.05, 3.63) is 41.0 Å². The van der Waals surface area contributed by atoms with E-state index in [4.69, 9.17) is 4.84 Å². The first-order valence-corrected chi connectivity index (χ1v) is 4.80. The lowest BCUT2D eigenvalue weighted by molar-refractivity contribution is 0.202. The van der Waals surface area contributed by atoms with Crippen LogP contribution in [0.2, 0.25) is 0 Å². The van der Waals surface area contributed by atoms with Gasteiger partial charge in [-0.05, 0) is 18.1 Å². The van der Waals surface area contributed by atoms with E-state index >= 15 is 0 Å². The molecule has 0 spiro atoms. The van der Waals surface area contributed by atoms with E-state index in [2.05, 4.69) is 5.16 Å². The van der Waals surface area contributed by atoms with E-state index in [1.165, 1.54) is 7.11 Å². The summed E-state index contributed by atoms with van der Waals surface area (Å²) < 4.78 is 0. The van der Waals surface area contributed by atoms with Crippen LogP contribution < -0.4 is 0 Å². The van der Waals surface area contributed by atoms with Crippen molar-refractivity contribution in [1.82, 2.24) is 0 Å². The molecule has 0 saturated heterocycles. The van der Waals surface area contributed by atoms with Gasteiger partial charge >= 0.3 is 0 Å². The number of hydrogen-bond donors (Lipinski definition) is 1. The minimum Gasteiger partial charge on any atom is -0.399 e. The SMILES string of the molecule is CON=C1c2ccccc2C=C(C)C1O. The predicted molar refractivity (Wildman–Crippen MR) is 59.6 cm³/mol. The summed E-state index contributed by atoms with van der Waals surface area (Å²) >= 11 is 0. The maximum absolute atomic E-state index is 9.94. The van der Waals surface area contributed by atoms with E-state index in [-0.39, 0.29) is 0 Å². The van der Waals surface area contributed by atoms with Gasteiger partial charge in [-0.1, -0.05) is 35.5 Å². The lowest BCUT2D eigenvalue weighted by Crippen LogP contribution is -2.26. The van der Waals surface area contributed by atoms with Gasteiger partial charge in [-0.25, -0.2) is 0 Å². The number of rotatable bonds is 1. The van der Waals surface area contributed by atoms with Gasteiger partial charge in [0.1, 0.15) is 18.9 Å². The number of aliphatic hydroxyl groups is 1. The van der Waals surface area contributed by atoms with Crippen LogP contribution in [0.25, 0.3) is 6.08 Å². The van der Waals surface area contributed by atoms with Gasteiger partial charge in [0.25, 0.3) is 0 Å². The topological polar surface area (TPSA) is 41.8 Å². The molecule has 0 radical (unpaired) electrons. The normalized spacial score (nSPS) is 22.2. The van der Waals surface area contributed by atoms with Gasteiger partial charge in [0.15, 0.2) is 0 Å². The molecule has 1 N–H and O–H groups in total. The van der Waals surface area contributed by atoms with Crippen molar-refractivity contribution in [3.8, 4) is 0 Å². The molecular formula is C12H13NO2. The smallest absolute Gasteiger partial charge is 0.121 e. The van der Waals surface area contributed by atoms with Crippen molar-refractivity contribution in [2.24, 2.45) is 5.16 Å². The fourth-order valence-corrected chi connectivity index (χ4v) is 1.74. The van der Waals surface area contributed by atoms with E-state index in [0.29, 0.717) is 5.71 Å². The van der Waals surface area contributed by atoms with Gasteiger partial charge in [0.05, 0.1) is 0 Å². The Morgan fingerprint density at radius 3 is 2.80 bits per heavy atom. The first-order chi connectivity index (χ1) is 7.24. The zero-order valence-electron chi connectivity index (χ0n) is 8.77. The van der Waals surface area contributed by atoms with Gasteiger partial charge in [0, 0.05) is 5.56 Å². The zero-order valence-corrected chi connectivity index (χ0v) is 8.77. The van der Waals surface area contributed by atoms with Crippen molar-refractivity contribution < 1.29 is 9.94 Å². The van der Waals surface area contributed by atoms with Crippen LogP contribution in [-0.2, 0) is 4.84 Å². The molecule has 0 heterocycles. The quantitative estimate of drug-likeness (QED) is 0.707. The first kappa shape index (κ1) is 9.93. The number of fused-ring (bicyclic) bond motifs is 1. The lowest BCUT2D eigenvalue weighted by atomic mass is 9.89. The third-order valence-corrected chi connectivity index (χ3v) is 2.50. The van der Waals surface area contributed by atoms with Crippen molar-refractivity contribution >= 4 is 11.8 Å². The minimum absolute atomic E-state index is 0.577. The van der Waals surface area contributed by atoms with E-state index < -0.39 is 6.10 Å². The molecule has 0 amide bonds. The molecule has 1 aromatic rings. The Morgan fingerprint density at radius 2 is 2.07 bits per heavy atom. The summed E-state index contributed by atoms with van der Waals surface area (Å²) in [5.41, 5.74) is 3.45. The Hall–Kier alpha value is -1.61. The molecule has 2 rings (SSSR count). The van der Waals surface area contributed by atoms with Crippen LogP contribution >= 0.6 is 0 Å². The molecule has 0 bridgehead atoms. The van der Waals surface area contributed by atoms with E-state index in [1.807, 2.05) is 37.3 Å². The fraction of sp³-hybridized carbons (Fsp3) is 0.250. The molecule has 1 unspecified atom stereocenters. The molecule has 15 heavy (non-hydrogen) atoms. The second-order valence-electron chi connectivity index (χ2n) is 3.54. The molecule has 1 aromatic carbocycles. The van der Waals surface area contributed by atoms with Crippen LogP contribution in [0.1, 0.15) is 18.1 Å². The number of oxime groups is 1. The zero-order chi connectivity index (χ0) is 10.8. The minimum atomic E-state index is -0.667. The van der Waals surface area contributed by atoms with Crippen molar-refractivity contribution in [2.45, 2.75) is 13.0 Å². The van der Waals surface area contributed by atoms with Crippen molar-refractivity contribution in [2.75, 3.05) is 7.11 Å². The third-order valence-electron chi connectivity index (χ3n) is 2.50. The first-order valence-electron chi connectivity index (χ1n) is 4.80. The summed E-state index contributed by atoms with van der Waals surface area (Å²) in [6.07, 6.45) is 1.30. The molecule has 3 heteroatoms. The van der Waals surface area contributed by atoms with Crippen LogP contribution in [0.4, 0.5) is 0 Å². The molecule has 3 nitrogen and oxygen atoms in total. The summed E-state index contributed by atoms with van der Waals surface area (Å²) in [5.74, 6) is 0. The predicted octanol–water partition coefficient (Wildman–Crippen LogP) is 1.81. The van der Waals surface area contributed by atoms with Gasteiger partial charge < -0.3 is 9.94 Å². The van der Waals surface area contributed by atoms with Crippen molar-refractivity contribution in [1.29, 1.82) is 0 Å². The molecule has 78 valence electrons. The molecule has 1 aliphatic rings. The second kappa shape index (κ2) is 3.87. The monoisotopic (exact) mass is 203 g/mol. The number of hydrogen-bond acceptors (Lipinski definition) is 3. The molecule has 0 aliphatic heterocycles. The summed E-state index contributed by atoms with van der Waals surface area (Å²) in [5, 5.41) is 13.8. The van der Waals surface area contributed by atoms with Crippen LogP contribution in [0, 0.1) is 0 Å². The Bertz CT molecular complexity index is 435. The summed E-state index contributed by atoms with van der Waals surface area (Å²) in [6, 6.07) is 7.81. The van der Waals surface area contributed by atoms with Crippen LogP contribution in [0.3, 0.4) is 0 Å². The molecule has 1 aliphatic carbocycles. The number of benzene rings is 1. The van der Waals surface area contributed by atoms with Gasteiger partial charge in [-0.3, -0.25) is 0 Å². The van der Waals surface area contributed by atoms with Crippen LogP contribution in [0.15, 0.2) is 35.0 Å². The summed E-state index contributed by atoms with van der Waals surface area (Å²) in [6.45, 7) is 1.88. The molecule has 0 saturated carbocycles. The second-order valence-corrected chi connectivity index (χ2v) is 3.54. The highest BCUT2D eigenvalue weighted by molar-refractivity contribution is 6.10. The van der Waals surface area contributed by atoms with E-state index in [0.717, 1.165) is 16.7 Å². The molecular weight excluding hydrogens is 190 g/mol. The Labute approximate surface area is 88.7 Å². The third kappa shape index (κ3) is 1.66. The average Bonchev–Trinajstić information content (AvgIpc) is 2.25. The number of aliphatic hydroxyl groups excluding tert-OH is 1. The van der Waals surface area contributed by atoms with Gasteiger partial charge in [-0.15, -0.1) is 0 Å². The highest BCUT2D eigenvalue weighted by Gasteiger charge is 2.23. The Morgan fingerprint density at radius 1 is 1.33 bits per heavy atom. The standard InChI is InChI=1S/C12H13NO2/c1-8-7-9-5-3-4-6-10(9)11(12(8)14)13-15-2/h3-7,12,14H,1-2H3. The fourth-order valence-electron chi connectivity index (χ4n) is 1.74. The highest BCUT2D eigenvalue weighted by Crippen LogP contribution is 2.24. The maximum atomic E-state index is 9.94. The van der Waals surface area contributed by atoms with E-state index in [1.54, 1.807) is 0 Å². The van der Waals surface area contributed by atoms with Crippen LogP contribution in [-0.4, -0.2) is 24.0 Å². The van der Waals surface area contributed by atoms with Crippen LogP contribution in [0.5, 0.6) is 0 Å². The lowest BCUT2D eigenvalue weighted by Gasteiger charge is -2.21. The van der Waals surface area contributed by atoms with Crippen molar-refractivity contribution in [3.63, 3.8) is 0 Å². The highest BCUT2D eigenvalue weighted by atomic mass is 16.6. The van der Waals surface area contributed by atoms with Gasteiger partial charge in [0.2, 0.25) is 0 Å².